The van der Waals surface area contributed by atoms with Gasteiger partial charge in [0.1, 0.15) is 0 Å². The van der Waals surface area contributed by atoms with Crippen LogP contribution in [0.5, 0.6) is 0 Å². The van der Waals surface area contributed by atoms with Crippen molar-refractivity contribution in [2.24, 2.45) is 0 Å². The molecule has 0 aromatic carbocycles. The lowest BCUT2D eigenvalue weighted by molar-refractivity contribution is -0.203. The van der Waals surface area contributed by atoms with Crippen molar-refractivity contribution in [3.8, 4) is 0 Å². The van der Waals surface area contributed by atoms with E-state index in [2.05, 4.69) is 0 Å². The molecule has 0 saturated heterocycles. The van der Waals surface area contributed by atoms with E-state index in [0.29, 0.717) is 13.5 Å². The summed E-state index contributed by atoms with van der Waals surface area (Å²) in [7, 11) is 3.53. The first-order valence-electron chi connectivity index (χ1n) is 6.40. The number of aliphatic carboxylic acids is 1. The van der Waals surface area contributed by atoms with Gasteiger partial charge in [-0.15, -0.1) is 0 Å². The standard InChI is InChI=1S/C12H22F3N3O3/c1-6-18(8(2)7-17(4)5)10(21)16-11(3,9(19)20)12(13,14)15/h8H,6-7H2,1-5H3,(H,16,21)(H,19,20). The Morgan fingerprint density at radius 2 is 1.76 bits per heavy atom. The van der Waals surface area contributed by atoms with E-state index in [-0.39, 0.29) is 12.6 Å². The third kappa shape index (κ3) is 4.76. The summed E-state index contributed by atoms with van der Waals surface area (Å²) in [4.78, 5) is 25.8. The van der Waals surface area contributed by atoms with E-state index in [1.54, 1.807) is 38.2 Å². The average molecular weight is 313 g/mol. The van der Waals surface area contributed by atoms with Crippen LogP contribution in [0.4, 0.5) is 18.0 Å². The second-order valence-electron chi connectivity index (χ2n) is 5.26. The van der Waals surface area contributed by atoms with E-state index in [9.17, 15) is 22.8 Å². The van der Waals surface area contributed by atoms with E-state index in [1.807, 2.05) is 0 Å². The lowest BCUT2D eigenvalue weighted by atomic mass is 10.0. The van der Waals surface area contributed by atoms with Gasteiger partial charge in [0.2, 0.25) is 5.54 Å². The topological polar surface area (TPSA) is 72.9 Å². The number of carboxylic acid groups (broad SMARTS) is 1. The summed E-state index contributed by atoms with van der Waals surface area (Å²) in [5.74, 6) is -2.15. The number of urea groups is 1. The van der Waals surface area contributed by atoms with Gasteiger partial charge < -0.3 is 20.2 Å². The number of rotatable bonds is 6. The Morgan fingerprint density at radius 3 is 2.05 bits per heavy atom. The summed E-state index contributed by atoms with van der Waals surface area (Å²) in [6, 6.07) is -1.43. The maximum atomic E-state index is 12.9. The average Bonchev–Trinajstić information content (AvgIpc) is 2.26. The van der Waals surface area contributed by atoms with E-state index in [0.717, 1.165) is 4.90 Å². The van der Waals surface area contributed by atoms with Crippen molar-refractivity contribution >= 4 is 12.0 Å². The number of nitrogens with zero attached hydrogens (tertiary/aromatic N) is 2. The number of nitrogens with one attached hydrogen (secondary N) is 1. The summed E-state index contributed by atoms with van der Waals surface area (Å²) in [6.07, 6.45) is -5.10. The highest BCUT2D eigenvalue weighted by Gasteiger charge is 2.58. The normalized spacial score (nSPS) is 16.2. The van der Waals surface area contributed by atoms with Gasteiger partial charge in [-0.2, -0.15) is 13.2 Å². The molecule has 2 atom stereocenters. The molecule has 0 rings (SSSR count). The molecule has 2 amide bonds. The van der Waals surface area contributed by atoms with Gasteiger partial charge in [0, 0.05) is 19.1 Å². The number of likely N-dealkylation sites (N-methyl/N-ethyl adjacent to an activating group) is 2. The second-order valence-corrected chi connectivity index (χ2v) is 5.26. The molecule has 124 valence electrons. The maximum Gasteiger partial charge on any atom is 0.422 e. The van der Waals surface area contributed by atoms with E-state index in [4.69, 9.17) is 5.11 Å². The molecular formula is C12H22F3N3O3. The molecule has 9 heteroatoms. The smallest absolute Gasteiger partial charge is 0.422 e. The van der Waals surface area contributed by atoms with Crippen molar-refractivity contribution in [1.29, 1.82) is 0 Å². The molecule has 0 radical (unpaired) electrons. The molecule has 2 unspecified atom stereocenters. The fourth-order valence-electron chi connectivity index (χ4n) is 1.81. The number of alkyl halides is 3. The Kier molecular flexibility index (Phi) is 6.47. The Balaban J connectivity index is 5.18. The van der Waals surface area contributed by atoms with Gasteiger partial charge in [-0.25, -0.2) is 9.59 Å². The van der Waals surface area contributed by atoms with Crippen LogP contribution < -0.4 is 5.32 Å². The lowest BCUT2D eigenvalue weighted by Crippen LogP contribution is -2.65. The van der Waals surface area contributed by atoms with Crippen molar-refractivity contribution in [3.63, 3.8) is 0 Å². The highest BCUT2D eigenvalue weighted by atomic mass is 19.4. The predicted octanol–water partition coefficient (Wildman–Crippen LogP) is 1.37. The molecule has 0 aliphatic rings. The SMILES string of the molecule is CCN(C(=O)NC(C)(C(=O)O)C(F)(F)F)C(C)CN(C)C. The van der Waals surface area contributed by atoms with Crippen molar-refractivity contribution in [2.75, 3.05) is 27.2 Å². The maximum absolute atomic E-state index is 12.9. The van der Waals surface area contributed by atoms with Crippen LogP contribution in [0.25, 0.3) is 0 Å². The van der Waals surface area contributed by atoms with Gasteiger partial charge in [0.15, 0.2) is 0 Å². The van der Waals surface area contributed by atoms with Crippen LogP contribution in [0.15, 0.2) is 0 Å². The third-order valence-corrected chi connectivity index (χ3v) is 3.11. The first kappa shape index (κ1) is 19.5. The van der Waals surface area contributed by atoms with Crippen molar-refractivity contribution in [1.82, 2.24) is 15.1 Å². The zero-order chi connectivity index (χ0) is 17.0. The van der Waals surface area contributed by atoms with Gasteiger partial charge in [-0.1, -0.05) is 0 Å². The van der Waals surface area contributed by atoms with Crippen LogP contribution in [0.2, 0.25) is 0 Å². The first-order chi connectivity index (χ1) is 9.36. The Labute approximate surface area is 121 Å². The molecule has 0 heterocycles. The molecule has 21 heavy (non-hydrogen) atoms. The van der Waals surface area contributed by atoms with Crippen LogP contribution >= 0.6 is 0 Å². The first-order valence-corrected chi connectivity index (χ1v) is 6.40. The predicted molar refractivity (Wildman–Crippen MR) is 71.0 cm³/mol. The van der Waals surface area contributed by atoms with Gasteiger partial charge in [-0.3, -0.25) is 0 Å². The second kappa shape index (κ2) is 6.97. The monoisotopic (exact) mass is 313 g/mol. The lowest BCUT2D eigenvalue weighted by Gasteiger charge is -2.35. The largest absolute Gasteiger partial charge is 0.479 e. The highest BCUT2D eigenvalue weighted by molar-refractivity contribution is 5.86. The molecule has 0 bridgehead atoms. The van der Waals surface area contributed by atoms with Crippen molar-refractivity contribution in [3.05, 3.63) is 0 Å². The number of carbonyl (C=O) groups is 2. The summed E-state index contributed by atoms with van der Waals surface area (Å²) >= 11 is 0. The van der Waals surface area contributed by atoms with E-state index >= 15 is 0 Å². The number of amides is 2. The van der Waals surface area contributed by atoms with E-state index in [1.165, 1.54) is 0 Å². The Hall–Kier alpha value is -1.51. The van der Waals surface area contributed by atoms with Crippen LogP contribution in [0, 0.1) is 0 Å². The molecule has 0 spiro atoms. The molecule has 6 nitrogen and oxygen atoms in total. The zero-order valence-corrected chi connectivity index (χ0v) is 12.8. The number of carbonyl (C=O) groups excluding carboxylic acids is 1. The number of carboxylic acids is 1. The molecular weight excluding hydrogens is 291 g/mol. The van der Waals surface area contributed by atoms with Crippen LogP contribution in [-0.4, -0.2) is 71.8 Å². The van der Waals surface area contributed by atoms with Crippen LogP contribution in [0.3, 0.4) is 0 Å². The third-order valence-electron chi connectivity index (χ3n) is 3.11. The molecule has 0 saturated carbocycles. The fraction of sp³-hybridized carbons (Fsp3) is 0.833. The molecule has 0 aromatic heterocycles. The summed E-state index contributed by atoms with van der Waals surface area (Å²) in [5.41, 5.74) is -3.32. The molecule has 2 N–H and O–H groups in total. The minimum Gasteiger partial charge on any atom is -0.479 e. The molecule has 0 aromatic rings. The zero-order valence-electron chi connectivity index (χ0n) is 12.8. The van der Waals surface area contributed by atoms with Gasteiger partial charge in [-0.05, 0) is 34.9 Å². The van der Waals surface area contributed by atoms with Gasteiger partial charge in [0.25, 0.3) is 0 Å². The van der Waals surface area contributed by atoms with Crippen molar-refractivity contribution in [2.45, 2.75) is 38.5 Å². The highest BCUT2D eigenvalue weighted by Crippen LogP contribution is 2.30. The quantitative estimate of drug-likeness (QED) is 0.777. The van der Waals surface area contributed by atoms with E-state index < -0.39 is 23.7 Å². The molecule has 0 aliphatic heterocycles. The fourth-order valence-corrected chi connectivity index (χ4v) is 1.81. The Bertz CT molecular complexity index is 388. The Morgan fingerprint density at radius 1 is 1.29 bits per heavy atom. The summed E-state index contributed by atoms with van der Waals surface area (Å²) in [5, 5.41) is 10.4. The number of hydrogen-bond donors (Lipinski definition) is 2. The summed E-state index contributed by atoms with van der Waals surface area (Å²) in [6.45, 7) is 4.31. The number of hydrogen-bond acceptors (Lipinski definition) is 3. The van der Waals surface area contributed by atoms with Crippen molar-refractivity contribution < 1.29 is 27.9 Å². The minimum atomic E-state index is -5.10. The van der Waals surface area contributed by atoms with Gasteiger partial charge >= 0.3 is 18.2 Å². The molecule has 0 aliphatic carbocycles. The van der Waals surface area contributed by atoms with Crippen LogP contribution in [0.1, 0.15) is 20.8 Å². The summed E-state index contributed by atoms with van der Waals surface area (Å²) < 4.78 is 38.6. The number of halogens is 3. The van der Waals surface area contributed by atoms with Crippen LogP contribution in [-0.2, 0) is 4.79 Å². The van der Waals surface area contributed by atoms with Gasteiger partial charge in [0.05, 0.1) is 0 Å². The molecule has 0 fully saturated rings. The minimum absolute atomic E-state index is 0.161.